The summed E-state index contributed by atoms with van der Waals surface area (Å²) in [4.78, 5) is 28.2. The SMILES string of the molecule is CCc1ccccc1NC(=O)c1c(NC(=O)c2cccs2)sc2c1CCC(C(C)(C)C)C2. The van der Waals surface area contributed by atoms with Gasteiger partial charge >= 0.3 is 0 Å². The number of anilines is 2. The molecule has 0 bridgehead atoms. The van der Waals surface area contributed by atoms with E-state index in [0.29, 0.717) is 21.4 Å². The van der Waals surface area contributed by atoms with Gasteiger partial charge in [0.15, 0.2) is 0 Å². The molecule has 6 heteroatoms. The van der Waals surface area contributed by atoms with Gasteiger partial charge in [-0.1, -0.05) is 52.0 Å². The molecule has 2 N–H and O–H groups in total. The molecule has 168 valence electrons. The molecule has 4 rings (SSSR count). The first-order valence-corrected chi connectivity index (χ1v) is 12.9. The molecule has 2 heterocycles. The van der Waals surface area contributed by atoms with Gasteiger partial charge in [0.2, 0.25) is 0 Å². The number of thiophene rings is 2. The van der Waals surface area contributed by atoms with Gasteiger partial charge in [-0.25, -0.2) is 0 Å². The lowest BCUT2D eigenvalue weighted by molar-refractivity contribution is 0.102. The van der Waals surface area contributed by atoms with Crippen LogP contribution in [0.5, 0.6) is 0 Å². The van der Waals surface area contributed by atoms with Gasteiger partial charge in [0.25, 0.3) is 11.8 Å². The predicted molar refractivity (Wildman–Crippen MR) is 135 cm³/mol. The number of rotatable bonds is 5. The highest BCUT2D eigenvalue weighted by Crippen LogP contribution is 2.44. The fourth-order valence-corrected chi connectivity index (χ4v) is 6.30. The fraction of sp³-hybridized carbons (Fsp3) is 0.385. The Morgan fingerprint density at radius 2 is 1.84 bits per heavy atom. The Bertz CT molecular complexity index is 1120. The molecule has 0 spiro atoms. The summed E-state index contributed by atoms with van der Waals surface area (Å²) in [5.74, 6) is 0.263. The third-order valence-corrected chi connectivity index (χ3v) is 8.37. The maximum absolute atomic E-state index is 13.5. The normalized spacial score (nSPS) is 15.8. The van der Waals surface area contributed by atoms with Crippen LogP contribution in [0.1, 0.15) is 70.1 Å². The summed E-state index contributed by atoms with van der Waals surface area (Å²) in [7, 11) is 0. The zero-order valence-electron chi connectivity index (χ0n) is 19.1. The van der Waals surface area contributed by atoms with Gasteiger partial charge < -0.3 is 10.6 Å². The minimum atomic E-state index is -0.158. The van der Waals surface area contributed by atoms with Crippen LogP contribution >= 0.6 is 22.7 Å². The highest BCUT2D eigenvalue weighted by molar-refractivity contribution is 7.17. The van der Waals surface area contributed by atoms with Gasteiger partial charge in [-0.15, -0.1) is 22.7 Å². The van der Waals surface area contributed by atoms with Crippen LogP contribution < -0.4 is 10.6 Å². The van der Waals surface area contributed by atoms with Crippen molar-refractivity contribution in [1.29, 1.82) is 0 Å². The molecule has 0 saturated carbocycles. The smallest absolute Gasteiger partial charge is 0.266 e. The van der Waals surface area contributed by atoms with Crippen molar-refractivity contribution in [3.63, 3.8) is 0 Å². The third kappa shape index (κ3) is 4.66. The Labute approximate surface area is 198 Å². The van der Waals surface area contributed by atoms with Crippen molar-refractivity contribution in [2.75, 3.05) is 10.6 Å². The van der Waals surface area contributed by atoms with E-state index in [4.69, 9.17) is 0 Å². The Kier molecular flexibility index (Phi) is 6.54. The van der Waals surface area contributed by atoms with Crippen molar-refractivity contribution in [2.24, 2.45) is 11.3 Å². The van der Waals surface area contributed by atoms with Crippen LogP contribution in [0.3, 0.4) is 0 Å². The van der Waals surface area contributed by atoms with E-state index in [1.807, 2.05) is 35.7 Å². The van der Waals surface area contributed by atoms with Crippen molar-refractivity contribution in [2.45, 2.75) is 53.4 Å². The van der Waals surface area contributed by atoms with Crippen LogP contribution in [0.25, 0.3) is 0 Å². The number of hydrogen-bond acceptors (Lipinski definition) is 4. The number of fused-ring (bicyclic) bond motifs is 1. The van der Waals surface area contributed by atoms with Crippen molar-refractivity contribution < 1.29 is 9.59 Å². The Balaban J connectivity index is 1.70. The summed E-state index contributed by atoms with van der Waals surface area (Å²) in [6.07, 6.45) is 3.70. The molecular weight excluding hydrogens is 436 g/mol. The molecule has 4 nitrogen and oxygen atoms in total. The number of carbonyl (C=O) groups is 2. The molecular formula is C26H30N2O2S2. The van der Waals surface area contributed by atoms with E-state index in [9.17, 15) is 9.59 Å². The molecule has 1 aliphatic rings. The average Bonchev–Trinajstić information content (AvgIpc) is 3.41. The number of carbonyl (C=O) groups excluding carboxylic acids is 2. The Hall–Kier alpha value is -2.44. The van der Waals surface area contributed by atoms with Crippen LogP contribution in [-0.2, 0) is 19.3 Å². The van der Waals surface area contributed by atoms with Gasteiger partial charge in [0.1, 0.15) is 5.00 Å². The maximum atomic E-state index is 13.5. The Morgan fingerprint density at radius 3 is 2.53 bits per heavy atom. The number of nitrogens with one attached hydrogen (secondary N) is 2. The van der Waals surface area contributed by atoms with Gasteiger partial charge in [-0.05, 0) is 65.7 Å². The molecule has 2 aromatic heterocycles. The predicted octanol–water partition coefficient (Wildman–Crippen LogP) is 7.03. The number of para-hydroxylation sites is 1. The fourth-order valence-electron chi connectivity index (χ4n) is 4.36. The first kappa shape index (κ1) is 22.7. The summed E-state index contributed by atoms with van der Waals surface area (Å²) in [6, 6.07) is 11.6. The first-order valence-electron chi connectivity index (χ1n) is 11.2. The van der Waals surface area contributed by atoms with Gasteiger partial charge in [-0.3, -0.25) is 9.59 Å². The zero-order chi connectivity index (χ0) is 22.9. The van der Waals surface area contributed by atoms with E-state index in [1.54, 1.807) is 17.4 Å². The molecule has 1 atom stereocenters. The molecule has 0 aliphatic heterocycles. The molecule has 0 radical (unpaired) electrons. The minimum absolute atomic E-state index is 0.140. The van der Waals surface area contributed by atoms with E-state index in [1.165, 1.54) is 16.2 Å². The lowest BCUT2D eigenvalue weighted by Crippen LogP contribution is -2.27. The molecule has 1 unspecified atom stereocenters. The second-order valence-electron chi connectivity index (χ2n) is 9.41. The lowest BCUT2D eigenvalue weighted by Gasteiger charge is -2.33. The van der Waals surface area contributed by atoms with Gasteiger partial charge in [0.05, 0.1) is 10.4 Å². The Morgan fingerprint density at radius 1 is 1.06 bits per heavy atom. The van der Waals surface area contributed by atoms with Crippen molar-refractivity contribution >= 4 is 45.2 Å². The van der Waals surface area contributed by atoms with Crippen LogP contribution in [-0.4, -0.2) is 11.8 Å². The van der Waals surface area contributed by atoms with E-state index in [-0.39, 0.29) is 17.2 Å². The van der Waals surface area contributed by atoms with Crippen molar-refractivity contribution in [3.8, 4) is 0 Å². The highest BCUT2D eigenvalue weighted by Gasteiger charge is 2.34. The second-order valence-corrected chi connectivity index (χ2v) is 11.5. The number of hydrogen-bond donors (Lipinski definition) is 2. The number of benzene rings is 1. The van der Waals surface area contributed by atoms with E-state index in [0.717, 1.165) is 42.5 Å². The quantitative estimate of drug-likeness (QED) is 0.424. The summed E-state index contributed by atoms with van der Waals surface area (Å²) >= 11 is 2.97. The highest BCUT2D eigenvalue weighted by atomic mass is 32.1. The second kappa shape index (κ2) is 9.20. The zero-order valence-corrected chi connectivity index (χ0v) is 20.7. The molecule has 2 amide bonds. The largest absolute Gasteiger partial charge is 0.322 e. The minimum Gasteiger partial charge on any atom is -0.322 e. The first-order chi connectivity index (χ1) is 15.3. The molecule has 0 fully saturated rings. The maximum Gasteiger partial charge on any atom is 0.266 e. The average molecular weight is 467 g/mol. The van der Waals surface area contributed by atoms with E-state index >= 15 is 0 Å². The van der Waals surface area contributed by atoms with Crippen LogP contribution in [0, 0.1) is 11.3 Å². The summed E-state index contributed by atoms with van der Waals surface area (Å²) in [5.41, 5.74) is 3.88. The molecule has 32 heavy (non-hydrogen) atoms. The van der Waals surface area contributed by atoms with Crippen LogP contribution in [0.4, 0.5) is 10.7 Å². The third-order valence-electron chi connectivity index (χ3n) is 6.34. The monoisotopic (exact) mass is 466 g/mol. The van der Waals surface area contributed by atoms with Crippen molar-refractivity contribution in [1.82, 2.24) is 0 Å². The van der Waals surface area contributed by atoms with Crippen LogP contribution in [0.2, 0.25) is 0 Å². The molecule has 1 aliphatic carbocycles. The van der Waals surface area contributed by atoms with Crippen molar-refractivity contribution in [3.05, 3.63) is 68.2 Å². The molecule has 0 saturated heterocycles. The van der Waals surface area contributed by atoms with E-state index in [2.05, 4.69) is 38.3 Å². The van der Waals surface area contributed by atoms with Gasteiger partial charge in [0, 0.05) is 10.6 Å². The summed E-state index contributed by atoms with van der Waals surface area (Å²) in [5, 5.41) is 8.72. The lowest BCUT2D eigenvalue weighted by atomic mass is 9.72. The topological polar surface area (TPSA) is 58.2 Å². The molecule has 3 aromatic rings. The number of amides is 2. The molecule has 1 aromatic carbocycles. The van der Waals surface area contributed by atoms with Crippen LogP contribution in [0.15, 0.2) is 41.8 Å². The van der Waals surface area contributed by atoms with E-state index < -0.39 is 0 Å². The number of aryl methyl sites for hydroxylation is 1. The summed E-state index contributed by atoms with van der Waals surface area (Å²) in [6.45, 7) is 8.93. The standard InChI is InChI=1S/C26H30N2O2S2/c1-5-16-9-6-7-10-19(16)27-24(30)22-18-13-12-17(26(2,3)4)15-21(18)32-25(22)28-23(29)20-11-8-14-31-20/h6-11,14,17H,5,12-13,15H2,1-4H3,(H,27,30)(H,28,29). The van der Waals surface area contributed by atoms with Gasteiger partial charge in [-0.2, -0.15) is 0 Å². The summed E-state index contributed by atoms with van der Waals surface area (Å²) < 4.78 is 0.